The summed E-state index contributed by atoms with van der Waals surface area (Å²) in [5, 5.41) is 8.90. The van der Waals surface area contributed by atoms with Gasteiger partial charge in [0.25, 0.3) is 0 Å². The zero-order chi connectivity index (χ0) is 12.0. The molecule has 0 amide bonds. The summed E-state index contributed by atoms with van der Waals surface area (Å²) in [5.41, 5.74) is 0.0610. The third-order valence-corrected chi connectivity index (χ3v) is 1.87. The smallest absolute Gasteiger partial charge is 0.341 e. The van der Waals surface area contributed by atoms with Gasteiger partial charge in [-0.05, 0) is 26.0 Å². The first-order valence-corrected chi connectivity index (χ1v) is 5.07. The van der Waals surface area contributed by atoms with E-state index in [4.69, 9.17) is 14.6 Å². The molecular formula is C11H15NO4. The zero-order valence-corrected chi connectivity index (χ0v) is 9.34. The predicted molar refractivity (Wildman–Crippen MR) is 57.8 cm³/mol. The summed E-state index contributed by atoms with van der Waals surface area (Å²) >= 11 is 0. The second-order valence-electron chi connectivity index (χ2n) is 3.25. The van der Waals surface area contributed by atoms with E-state index in [1.807, 2.05) is 6.92 Å². The van der Waals surface area contributed by atoms with E-state index < -0.39 is 5.97 Å². The van der Waals surface area contributed by atoms with Crippen LogP contribution in [-0.2, 0) is 4.74 Å². The predicted octanol–water partition coefficient (Wildman–Crippen LogP) is 1.58. The van der Waals surface area contributed by atoms with Gasteiger partial charge >= 0.3 is 5.97 Å². The number of rotatable bonds is 6. The largest absolute Gasteiger partial charge is 0.477 e. The lowest BCUT2D eigenvalue weighted by molar-refractivity contribution is 0.0587. The molecule has 0 bridgehead atoms. The third-order valence-electron chi connectivity index (χ3n) is 1.87. The van der Waals surface area contributed by atoms with E-state index in [0.717, 1.165) is 0 Å². The minimum absolute atomic E-state index is 0.0610. The van der Waals surface area contributed by atoms with Crippen molar-refractivity contribution in [1.29, 1.82) is 0 Å². The van der Waals surface area contributed by atoms with Gasteiger partial charge in [-0.1, -0.05) is 0 Å². The van der Waals surface area contributed by atoms with Crippen LogP contribution in [0.5, 0.6) is 5.88 Å². The van der Waals surface area contributed by atoms with E-state index >= 15 is 0 Å². The van der Waals surface area contributed by atoms with Crippen LogP contribution in [0.25, 0.3) is 0 Å². The summed E-state index contributed by atoms with van der Waals surface area (Å²) < 4.78 is 10.6. The third kappa shape index (κ3) is 3.51. The Morgan fingerprint density at radius 3 is 3.00 bits per heavy atom. The fourth-order valence-corrected chi connectivity index (χ4v) is 1.16. The van der Waals surface area contributed by atoms with Gasteiger partial charge in [-0.25, -0.2) is 9.78 Å². The van der Waals surface area contributed by atoms with Crippen molar-refractivity contribution in [3.05, 3.63) is 23.9 Å². The normalized spacial score (nSPS) is 12.1. The monoisotopic (exact) mass is 225 g/mol. The molecule has 1 rings (SSSR count). The summed E-state index contributed by atoms with van der Waals surface area (Å²) in [4.78, 5) is 14.8. The first kappa shape index (κ1) is 12.4. The highest BCUT2D eigenvalue weighted by atomic mass is 16.5. The molecule has 0 aromatic carbocycles. The highest BCUT2D eigenvalue weighted by Gasteiger charge is 2.14. The molecule has 1 aromatic rings. The molecule has 0 saturated heterocycles. The topological polar surface area (TPSA) is 68.7 Å². The van der Waals surface area contributed by atoms with Crippen molar-refractivity contribution in [3.63, 3.8) is 0 Å². The van der Waals surface area contributed by atoms with Crippen LogP contribution >= 0.6 is 0 Å². The van der Waals surface area contributed by atoms with Crippen LogP contribution in [0.1, 0.15) is 24.2 Å². The molecule has 1 unspecified atom stereocenters. The summed E-state index contributed by atoms with van der Waals surface area (Å²) in [6.45, 7) is 4.69. The number of nitrogens with zero attached hydrogens (tertiary/aromatic N) is 1. The van der Waals surface area contributed by atoms with E-state index in [2.05, 4.69) is 4.98 Å². The number of hydrogen-bond acceptors (Lipinski definition) is 4. The first-order chi connectivity index (χ1) is 7.65. The second kappa shape index (κ2) is 6.07. The average molecular weight is 225 g/mol. The quantitative estimate of drug-likeness (QED) is 0.796. The van der Waals surface area contributed by atoms with Crippen LogP contribution in [0.15, 0.2) is 18.3 Å². The number of aromatic carboxylic acids is 1. The van der Waals surface area contributed by atoms with Crippen molar-refractivity contribution in [3.8, 4) is 5.88 Å². The van der Waals surface area contributed by atoms with Crippen LogP contribution in [0.4, 0.5) is 0 Å². The van der Waals surface area contributed by atoms with Crippen molar-refractivity contribution in [2.45, 2.75) is 20.0 Å². The van der Waals surface area contributed by atoms with E-state index in [1.54, 1.807) is 13.0 Å². The molecule has 1 atom stereocenters. The van der Waals surface area contributed by atoms with Gasteiger partial charge in [0.1, 0.15) is 11.7 Å². The lowest BCUT2D eigenvalue weighted by atomic mass is 10.3. The number of hydrogen-bond donors (Lipinski definition) is 1. The maximum absolute atomic E-state index is 10.9. The van der Waals surface area contributed by atoms with Crippen molar-refractivity contribution in [1.82, 2.24) is 4.98 Å². The van der Waals surface area contributed by atoms with Crippen LogP contribution in [0, 0.1) is 0 Å². The lowest BCUT2D eigenvalue weighted by Crippen LogP contribution is -2.21. The number of pyridine rings is 1. The number of carbonyl (C=O) groups is 1. The average Bonchev–Trinajstić information content (AvgIpc) is 2.27. The Hall–Kier alpha value is -1.62. The Labute approximate surface area is 94.0 Å². The highest BCUT2D eigenvalue weighted by molar-refractivity contribution is 5.90. The SMILES string of the molecule is CCOCC(C)Oc1ncccc1C(=O)O. The molecule has 0 saturated carbocycles. The minimum atomic E-state index is -1.05. The van der Waals surface area contributed by atoms with Gasteiger partial charge in [-0.2, -0.15) is 0 Å². The van der Waals surface area contributed by atoms with Gasteiger partial charge in [0, 0.05) is 12.8 Å². The Kier molecular flexibility index (Phi) is 4.72. The van der Waals surface area contributed by atoms with Gasteiger partial charge < -0.3 is 14.6 Å². The number of aromatic nitrogens is 1. The van der Waals surface area contributed by atoms with Crippen molar-refractivity contribution < 1.29 is 19.4 Å². The molecule has 5 nitrogen and oxygen atoms in total. The molecule has 0 aliphatic rings. The van der Waals surface area contributed by atoms with Gasteiger partial charge in [0.2, 0.25) is 5.88 Å². The van der Waals surface area contributed by atoms with E-state index in [1.165, 1.54) is 12.3 Å². The van der Waals surface area contributed by atoms with Crippen LogP contribution in [0.3, 0.4) is 0 Å². The van der Waals surface area contributed by atoms with Crippen molar-refractivity contribution >= 4 is 5.97 Å². The molecule has 0 radical (unpaired) electrons. The lowest BCUT2D eigenvalue weighted by Gasteiger charge is -2.14. The molecule has 1 aromatic heterocycles. The summed E-state index contributed by atoms with van der Waals surface area (Å²) in [5.74, 6) is -0.922. The minimum Gasteiger partial charge on any atom is -0.477 e. The molecule has 0 spiro atoms. The standard InChI is InChI=1S/C11H15NO4/c1-3-15-7-8(2)16-10-9(11(13)14)5-4-6-12-10/h4-6,8H,3,7H2,1-2H3,(H,13,14). The molecule has 1 heterocycles. The van der Waals surface area contributed by atoms with Gasteiger partial charge in [0.15, 0.2) is 0 Å². The molecule has 5 heteroatoms. The van der Waals surface area contributed by atoms with Crippen molar-refractivity contribution in [2.24, 2.45) is 0 Å². The molecule has 0 aliphatic heterocycles. The molecular weight excluding hydrogens is 210 g/mol. The first-order valence-electron chi connectivity index (χ1n) is 5.07. The summed E-state index contributed by atoms with van der Waals surface area (Å²) in [7, 11) is 0. The maximum Gasteiger partial charge on any atom is 0.341 e. The Bertz CT molecular complexity index is 354. The van der Waals surface area contributed by atoms with E-state index in [0.29, 0.717) is 13.2 Å². The van der Waals surface area contributed by atoms with E-state index in [9.17, 15) is 4.79 Å². The van der Waals surface area contributed by atoms with Gasteiger partial charge in [-0.15, -0.1) is 0 Å². The maximum atomic E-state index is 10.9. The molecule has 0 fully saturated rings. The van der Waals surface area contributed by atoms with Crippen LogP contribution in [0.2, 0.25) is 0 Å². The Morgan fingerprint density at radius 1 is 1.62 bits per heavy atom. The second-order valence-corrected chi connectivity index (χ2v) is 3.25. The molecule has 0 aliphatic carbocycles. The Balaban J connectivity index is 2.69. The molecule has 1 N–H and O–H groups in total. The zero-order valence-electron chi connectivity index (χ0n) is 9.34. The number of carboxylic acid groups (broad SMARTS) is 1. The fourth-order valence-electron chi connectivity index (χ4n) is 1.16. The van der Waals surface area contributed by atoms with Crippen molar-refractivity contribution in [2.75, 3.05) is 13.2 Å². The van der Waals surface area contributed by atoms with Crippen LogP contribution < -0.4 is 4.74 Å². The van der Waals surface area contributed by atoms with Crippen LogP contribution in [-0.4, -0.2) is 35.4 Å². The Morgan fingerprint density at radius 2 is 2.38 bits per heavy atom. The fraction of sp³-hybridized carbons (Fsp3) is 0.455. The summed E-state index contributed by atoms with van der Waals surface area (Å²) in [6.07, 6.45) is 1.27. The highest BCUT2D eigenvalue weighted by Crippen LogP contribution is 2.15. The van der Waals surface area contributed by atoms with Gasteiger partial charge in [-0.3, -0.25) is 0 Å². The van der Waals surface area contributed by atoms with Gasteiger partial charge in [0.05, 0.1) is 6.61 Å². The number of ether oxygens (including phenoxy) is 2. The van der Waals surface area contributed by atoms with E-state index in [-0.39, 0.29) is 17.5 Å². The molecule has 16 heavy (non-hydrogen) atoms. The number of carboxylic acids is 1. The summed E-state index contributed by atoms with van der Waals surface area (Å²) in [6, 6.07) is 3.02. The molecule has 88 valence electrons.